The number of nitrogens with zero attached hydrogens (tertiary/aromatic N) is 1. The molecule has 1 amide bonds. The van der Waals surface area contributed by atoms with Crippen LogP contribution in [0, 0.1) is 17.5 Å². The van der Waals surface area contributed by atoms with Crippen LogP contribution in [0.15, 0.2) is 36.4 Å². The van der Waals surface area contributed by atoms with E-state index in [1.807, 2.05) is 0 Å². The Hall–Kier alpha value is -2.76. The molecule has 0 aliphatic carbocycles. The molecule has 1 aromatic heterocycles. The molecule has 1 aliphatic heterocycles. The minimum atomic E-state index is -1.00. The van der Waals surface area contributed by atoms with Gasteiger partial charge in [-0.1, -0.05) is 12.1 Å². The molecule has 0 radical (unpaired) electrons. The second kappa shape index (κ2) is 4.87. The standard InChI is InChI=1S/C17H11F3N2O/c18-11-3-1-9(2-4-11)14-15(20)12(19)7-10-8-13-17(23)21-5-6-22(13)16(10)14/h1-4,7-8H,5-6H2,(H,21,23). The van der Waals surface area contributed by atoms with Crippen molar-refractivity contribution in [1.29, 1.82) is 0 Å². The van der Waals surface area contributed by atoms with Crippen molar-refractivity contribution in [3.8, 4) is 11.1 Å². The molecule has 1 aliphatic rings. The third-order valence-electron chi connectivity index (χ3n) is 4.06. The number of amides is 1. The molecule has 3 aromatic rings. The number of fused-ring (bicyclic) bond motifs is 3. The van der Waals surface area contributed by atoms with Crippen molar-refractivity contribution >= 4 is 16.8 Å². The number of carbonyl (C=O) groups is 1. The van der Waals surface area contributed by atoms with Crippen LogP contribution in [0.25, 0.3) is 22.0 Å². The van der Waals surface area contributed by atoms with Crippen molar-refractivity contribution in [2.75, 3.05) is 6.54 Å². The van der Waals surface area contributed by atoms with Gasteiger partial charge in [0.25, 0.3) is 5.91 Å². The number of benzene rings is 2. The van der Waals surface area contributed by atoms with Crippen LogP contribution >= 0.6 is 0 Å². The summed E-state index contributed by atoms with van der Waals surface area (Å²) in [6.45, 7) is 0.876. The van der Waals surface area contributed by atoms with E-state index in [4.69, 9.17) is 0 Å². The van der Waals surface area contributed by atoms with Crippen molar-refractivity contribution in [2.24, 2.45) is 0 Å². The first-order valence-electron chi connectivity index (χ1n) is 7.11. The van der Waals surface area contributed by atoms with E-state index in [-0.39, 0.29) is 11.5 Å². The molecule has 0 unspecified atom stereocenters. The lowest BCUT2D eigenvalue weighted by Crippen LogP contribution is -2.34. The molecule has 23 heavy (non-hydrogen) atoms. The maximum atomic E-state index is 14.5. The third-order valence-corrected chi connectivity index (χ3v) is 4.06. The first-order valence-corrected chi connectivity index (χ1v) is 7.11. The number of rotatable bonds is 1. The minimum Gasteiger partial charge on any atom is -0.349 e. The van der Waals surface area contributed by atoms with Gasteiger partial charge in [0.15, 0.2) is 11.6 Å². The van der Waals surface area contributed by atoms with E-state index in [1.54, 1.807) is 10.6 Å². The molecule has 0 saturated heterocycles. The summed E-state index contributed by atoms with van der Waals surface area (Å²) in [5, 5.41) is 3.14. The SMILES string of the molecule is O=C1NCCn2c1cc1cc(F)c(F)c(-c3ccc(F)cc3)c12. The fourth-order valence-corrected chi connectivity index (χ4v) is 3.05. The molecule has 116 valence electrons. The highest BCUT2D eigenvalue weighted by Crippen LogP contribution is 2.35. The zero-order valence-corrected chi connectivity index (χ0v) is 11.9. The van der Waals surface area contributed by atoms with Gasteiger partial charge in [0.05, 0.1) is 5.52 Å². The second-order valence-corrected chi connectivity index (χ2v) is 5.43. The Balaban J connectivity index is 2.11. The topological polar surface area (TPSA) is 34.0 Å². The van der Waals surface area contributed by atoms with Crippen LogP contribution in [0.4, 0.5) is 13.2 Å². The van der Waals surface area contributed by atoms with Gasteiger partial charge in [-0.2, -0.15) is 0 Å². The normalized spacial score (nSPS) is 14.0. The molecule has 4 rings (SSSR count). The van der Waals surface area contributed by atoms with Gasteiger partial charge in [-0.3, -0.25) is 4.79 Å². The summed E-state index contributed by atoms with van der Waals surface area (Å²) < 4.78 is 43.3. The fourth-order valence-electron chi connectivity index (χ4n) is 3.05. The van der Waals surface area contributed by atoms with Crippen molar-refractivity contribution in [2.45, 2.75) is 6.54 Å². The quantitative estimate of drug-likeness (QED) is 0.733. The Kier molecular flexibility index (Phi) is 2.94. The Bertz CT molecular complexity index is 945. The average Bonchev–Trinajstić information content (AvgIpc) is 2.89. The van der Waals surface area contributed by atoms with E-state index in [0.29, 0.717) is 35.2 Å². The minimum absolute atomic E-state index is 0.0425. The van der Waals surface area contributed by atoms with Gasteiger partial charge >= 0.3 is 0 Å². The van der Waals surface area contributed by atoms with E-state index in [2.05, 4.69) is 5.32 Å². The van der Waals surface area contributed by atoms with E-state index in [1.165, 1.54) is 24.3 Å². The zero-order valence-electron chi connectivity index (χ0n) is 11.9. The molecule has 2 heterocycles. The molecule has 0 atom stereocenters. The molecular weight excluding hydrogens is 305 g/mol. The highest BCUT2D eigenvalue weighted by atomic mass is 19.2. The fraction of sp³-hybridized carbons (Fsp3) is 0.118. The summed E-state index contributed by atoms with van der Waals surface area (Å²) >= 11 is 0. The maximum absolute atomic E-state index is 14.5. The van der Waals surface area contributed by atoms with Crippen molar-refractivity contribution < 1.29 is 18.0 Å². The van der Waals surface area contributed by atoms with Crippen molar-refractivity contribution in [3.63, 3.8) is 0 Å². The Labute approximate surface area is 129 Å². The van der Waals surface area contributed by atoms with Crippen LogP contribution in [0.5, 0.6) is 0 Å². The lowest BCUT2D eigenvalue weighted by atomic mass is 10.0. The zero-order chi connectivity index (χ0) is 16.1. The van der Waals surface area contributed by atoms with Gasteiger partial charge in [0.1, 0.15) is 11.5 Å². The van der Waals surface area contributed by atoms with E-state index < -0.39 is 17.5 Å². The number of hydrogen-bond acceptors (Lipinski definition) is 1. The van der Waals surface area contributed by atoms with Gasteiger partial charge in [-0.05, 0) is 29.8 Å². The molecule has 0 saturated carbocycles. The Morgan fingerprint density at radius 1 is 1.04 bits per heavy atom. The predicted octanol–water partition coefficient (Wildman–Crippen LogP) is 3.47. The largest absolute Gasteiger partial charge is 0.349 e. The second-order valence-electron chi connectivity index (χ2n) is 5.43. The van der Waals surface area contributed by atoms with E-state index in [0.717, 1.165) is 6.07 Å². The molecule has 0 spiro atoms. The van der Waals surface area contributed by atoms with Crippen molar-refractivity contribution in [3.05, 3.63) is 59.5 Å². The van der Waals surface area contributed by atoms with Crippen molar-refractivity contribution in [1.82, 2.24) is 9.88 Å². The molecule has 0 bridgehead atoms. The molecular formula is C17H11F3N2O. The highest BCUT2D eigenvalue weighted by molar-refractivity contribution is 6.03. The molecule has 0 fully saturated rings. The van der Waals surface area contributed by atoms with Crippen LogP contribution in [-0.2, 0) is 6.54 Å². The Morgan fingerprint density at radius 2 is 1.78 bits per heavy atom. The van der Waals surface area contributed by atoms with Gasteiger partial charge < -0.3 is 9.88 Å². The van der Waals surface area contributed by atoms with Gasteiger partial charge in [-0.15, -0.1) is 0 Å². The molecule has 1 N–H and O–H groups in total. The van der Waals surface area contributed by atoms with E-state index >= 15 is 0 Å². The predicted molar refractivity (Wildman–Crippen MR) is 79.6 cm³/mol. The van der Waals surface area contributed by atoms with Crippen LogP contribution in [0.2, 0.25) is 0 Å². The van der Waals surface area contributed by atoms with Crippen LogP contribution < -0.4 is 5.32 Å². The summed E-state index contributed by atoms with van der Waals surface area (Å²) in [6.07, 6.45) is 0. The Morgan fingerprint density at radius 3 is 2.52 bits per heavy atom. The summed E-state index contributed by atoms with van der Waals surface area (Å²) in [5.41, 5.74) is 1.21. The maximum Gasteiger partial charge on any atom is 0.268 e. The number of carbonyl (C=O) groups excluding carboxylic acids is 1. The lowest BCUT2D eigenvalue weighted by Gasteiger charge is -2.18. The van der Waals surface area contributed by atoms with E-state index in [9.17, 15) is 18.0 Å². The van der Waals surface area contributed by atoms with Gasteiger partial charge in [0, 0.05) is 24.0 Å². The summed E-state index contributed by atoms with van der Waals surface area (Å²) in [4.78, 5) is 11.9. The summed E-state index contributed by atoms with van der Waals surface area (Å²) in [5.74, 6) is -2.74. The molecule has 2 aromatic carbocycles. The third kappa shape index (κ3) is 2.02. The van der Waals surface area contributed by atoms with Crippen LogP contribution in [0.1, 0.15) is 10.5 Å². The number of hydrogen-bond donors (Lipinski definition) is 1. The number of nitrogens with one attached hydrogen (secondary N) is 1. The summed E-state index contributed by atoms with van der Waals surface area (Å²) in [6, 6.07) is 7.80. The average molecular weight is 316 g/mol. The monoisotopic (exact) mass is 316 g/mol. The summed E-state index contributed by atoms with van der Waals surface area (Å²) in [7, 11) is 0. The van der Waals surface area contributed by atoms with Gasteiger partial charge in [-0.25, -0.2) is 13.2 Å². The molecule has 3 nitrogen and oxygen atoms in total. The first-order chi connectivity index (χ1) is 11.1. The smallest absolute Gasteiger partial charge is 0.268 e. The highest BCUT2D eigenvalue weighted by Gasteiger charge is 2.25. The lowest BCUT2D eigenvalue weighted by molar-refractivity contribution is 0.0929. The van der Waals surface area contributed by atoms with Crippen LogP contribution in [0.3, 0.4) is 0 Å². The first kappa shape index (κ1) is 13.9. The van der Waals surface area contributed by atoms with Crippen LogP contribution in [-0.4, -0.2) is 17.0 Å². The molecule has 6 heteroatoms. The number of halogens is 3. The van der Waals surface area contributed by atoms with Gasteiger partial charge in [0.2, 0.25) is 0 Å². The number of aromatic nitrogens is 1.